The number of anilines is 1. The van der Waals surface area contributed by atoms with Crippen LogP contribution in [0.3, 0.4) is 0 Å². The minimum Gasteiger partial charge on any atom is -0.319 e. The van der Waals surface area contributed by atoms with Gasteiger partial charge in [-0.3, -0.25) is 0 Å². The Morgan fingerprint density at radius 1 is 1.36 bits per heavy atom. The molecule has 3 nitrogen and oxygen atoms in total. The molecule has 0 N–H and O–H groups in total. The number of amidine groups is 1. The van der Waals surface area contributed by atoms with Crippen LogP contribution in [-0.4, -0.2) is 17.5 Å². The molecule has 0 atom stereocenters. The summed E-state index contributed by atoms with van der Waals surface area (Å²) >= 11 is 1.62. The first kappa shape index (κ1) is 9.10. The monoisotopic (exact) mass is 203 g/mol. The van der Waals surface area contributed by atoms with Gasteiger partial charge in [0.25, 0.3) is 0 Å². The van der Waals surface area contributed by atoms with Crippen molar-refractivity contribution in [1.29, 1.82) is 5.26 Å². The van der Waals surface area contributed by atoms with Gasteiger partial charge in [0.2, 0.25) is 6.19 Å². The van der Waals surface area contributed by atoms with E-state index in [0.717, 1.165) is 23.2 Å². The third-order valence-electron chi connectivity index (χ3n) is 1.99. The van der Waals surface area contributed by atoms with Gasteiger partial charge in [-0.05, 0) is 12.1 Å². The summed E-state index contributed by atoms with van der Waals surface area (Å²) in [5.74, 6) is 0.995. The molecule has 2 rings (SSSR count). The van der Waals surface area contributed by atoms with Gasteiger partial charge in [-0.15, -0.1) is 4.99 Å². The minimum atomic E-state index is 0.804. The molecule has 4 heteroatoms. The molecule has 0 aliphatic carbocycles. The Balaban J connectivity index is 2.28. The first-order valence-electron chi connectivity index (χ1n) is 4.34. The van der Waals surface area contributed by atoms with Gasteiger partial charge in [-0.25, -0.2) is 0 Å². The Labute approximate surface area is 87.1 Å². The van der Waals surface area contributed by atoms with E-state index in [1.165, 1.54) is 0 Å². The van der Waals surface area contributed by atoms with Gasteiger partial charge in [-0.2, -0.15) is 5.26 Å². The third kappa shape index (κ3) is 1.73. The van der Waals surface area contributed by atoms with Crippen LogP contribution in [0.15, 0.2) is 35.3 Å². The van der Waals surface area contributed by atoms with E-state index in [9.17, 15) is 0 Å². The van der Waals surface area contributed by atoms with E-state index in [1.54, 1.807) is 11.8 Å². The normalized spacial score (nSPS) is 18.5. The highest BCUT2D eigenvalue weighted by Crippen LogP contribution is 2.24. The zero-order valence-corrected chi connectivity index (χ0v) is 8.37. The lowest BCUT2D eigenvalue weighted by Gasteiger charge is -2.16. The second-order valence-electron chi connectivity index (χ2n) is 2.83. The molecule has 1 saturated heterocycles. The Bertz CT molecular complexity index is 380. The molecular formula is C10H9N3S. The van der Waals surface area contributed by atoms with Crippen LogP contribution >= 0.6 is 11.8 Å². The SMILES string of the molecule is N#CN=C1SCCN1c1ccccc1. The van der Waals surface area contributed by atoms with E-state index < -0.39 is 0 Å². The predicted molar refractivity (Wildman–Crippen MR) is 59.3 cm³/mol. The van der Waals surface area contributed by atoms with E-state index in [4.69, 9.17) is 5.26 Å². The largest absolute Gasteiger partial charge is 0.319 e. The molecule has 1 fully saturated rings. The number of hydrogen-bond donors (Lipinski definition) is 0. The van der Waals surface area contributed by atoms with Crippen molar-refractivity contribution >= 4 is 22.6 Å². The van der Waals surface area contributed by atoms with Crippen LogP contribution in [0.4, 0.5) is 5.69 Å². The van der Waals surface area contributed by atoms with Crippen LogP contribution in [0, 0.1) is 11.5 Å². The quantitative estimate of drug-likeness (QED) is 0.656. The van der Waals surface area contributed by atoms with Crippen molar-refractivity contribution in [1.82, 2.24) is 0 Å². The lowest BCUT2D eigenvalue weighted by molar-refractivity contribution is 1.10. The molecule has 1 aliphatic heterocycles. The maximum absolute atomic E-state index is 8.51. The van der Waals surface area contributed by atoms with Crippen molar-refractivity contribution < 1.29 is 0 Å². The van der Waals surface area contributed by atoms with Crippen molar-refractivity contribution in [3.8, 4) is 6.19 Å². The number of rotatable bonds is 1. The second kappa shape index (κ2) is 4.16. The summed E-state index contributed by atoms with van der Waals surface area (Å²) in [6.07, 6.45) is 1.83. The van der Waals surface area contributed by atoms with Crippen LogP contribution in [0.1, 0.15) is 0 Å². The van der Waals surface area contributed by atoms with Gasteiger partial charge in [0.05, 0.1) is 0 Å². The van der Waals surface area contributed by atoms with Gasteiger partial charge in [0.1, 0.15) is 0 Å². The fourth-order valence-electron chi connectivity index (χ4n) is 1.38. The molecule has 0 bridgehead atoms. The molecule has 0 aromatic heterocycles. The fourth-order valence-corrected chi connectivity index (χ4v) is 2.30. The summed E-state index contributed by atoms with van der Waals surface area (Å²) in [5, 5.41) is 9.32. The molecule has 0 spiro atoms. The van der Waals surface area contributed by atoms with Crippen LogP contribution in [0.5, 0.6) is 0 Å². The summed E-state index contributed by atoms with van der Waals surface area (Å²) in [5.41, 5.74) is 1.10. The van der Waals surface area contributed by atoms with Crippen LogP contribution in [-0.2, 0) is 0 Å². The van der Waals surface area contributed by atoms with Crippen LogP contribution in [0.2, 0.25) is 0 Å². The molecule has 1 aromatic rings. The second-order valence-corrected chi connectivity index (χ2v) is 3.89. The molecule has 70 valence electrons. The highest BCUT2D eigenvalue weighted by Gasteiger charge is 2.20. The number of benzene rings is 1. The molecule has 14 heavy (non-hydrogen) atoms. The van der Waals surface area contributed by atoms with E-state index >= 15 is 0 Å². The molecule has 0 saturated carbocycles. The Hall–Kier alpha value is -1.47. The number of thioether (sulfide) groups is 1. The van der Waals surface area contributed by atoms with Crippen molar-refractivity contribution in [2.24, 2.45) is 4.99 Å². The van der Waals surface area contributed by atoms with Gasteiger partial charge < -0.3 is 4.90 Å². The molecule has 0 radical (unpaired) electrons. The van der Waals surface area contributed by atoms with Gasteiger partial charge >= 0.3 is 0 Å². The summed E-state index contributed by atoms with van der Waals surface area (Å²) < 4.78 is 0. The summed E-state index contributed by atoms with van der Waals surface area (Å²) in [7, 11) is 0. The van der Waals surface area contributed by atoms with Crippen LogP contribution in [0.25, 0.3) is 0 Å². The molecule has 1 heterocycles. The number of aliphatic imine (C=N–C) groups is 1. The molecule has 1 aliphatic rings. The fraction of sp³-hybridized carbons (Fsp3) is 0.200. The third-order valence-corrected chi connectivity index (χ3v) is 2.95. The number of hydrogen-bond acceptors (Lipinski definition) is 3. The van der Waals surface area contributed by atoms with E-state index in [-0.39, 0.29) is 0 Å². The average Bonchev–Trinajstić information content (AvgIpc) is 2.68. The maximum Gasteiger partial charge on any atom is 0.208 e. The van der Waals surface area contributed by atoms with Crippen molar-refractivity contribution in [2.75, 3.05) is 17.2 Å². The molecule has 0 amide bonds. The number of nitriles is 1. The van der Waals surface area contributed by atoms with E-state index in [0.29, 0.717) is 0 Å². The Morgan fingerprint density at radius 3 is 2.86 bits per heavy atom. The van der Waals surface area contributed by atoms with Gasteiger partial charge in [0, 0.05) is 18.0 Å². The minimum absolute atomic E-state index is 0.804. The van der Waals surface area contributed by atoms with Gasteiger partial charge in [0.15, 0.2) is 5.17 Å². The van der Waals surface area contributed by atoms with E-state index in [1.807, 2.05) is 36.5 Å². The molecule has 0 unspecified atom stereocenters. The zero-order valence-electron chi connectivity index (χ0n) is 7.55. The highest BCUT2D eigenvalue weighted by molar-refractivity contribution is 8.14. The van der Waals surface area contributed by atoms with Crippen molar-refractivity contribution in [3.05, 3.63) is 30.3 Å². The number of para-hydroxylation sites is 1. The first-order chi connectivity index (χ1) is 6.92. The maximum atomic E-state index is 8.51. The van der Waals surface area contributed by atoms with E-state index in [2.05, 4.69) is 9.89 Å². The van der Waals surface area contributed by atoms with Crippen molar-refractivity contribution in [2.45, 2.75) is 0 Å². The molecule has 1 aromatic carbocycles. The Morgan fingerprint density at radius 2 is 2.14 bits per heavy atom. The smallest absolute Gasteiger partial charge is 0.208 e. The van der Waals surface area contributed by atoms with Gasteiger partial charge in [-0.1, -0.05) is 30.0 Å². The highest BCUT2D eigenvalue weighted by atomic mass is 32.2. The Kier molecular flexibility index (Phi) is 2.70. The van der Waals surface area contributed by atoms with Crippen LogP contribution < -0.4 is 4.90 Å². The summed E-state index contributed by atoms with van der Waals surface area (Å²) in [6, 6.07) is 10.0. The topological polar surface area (TPSA) is 39.4 Å². The zero-order chi connectivity index (χ0) is 9.80. The lowest BCUT2D eigenvalue weighted by atomic mass is 10.3. The van der Waals surface area contributed by atoms with Crippen molar-refractivity contribution in [3.63, 3.8) is 0 Å². The average molecular weight is 203 g/mol. The standard InChI is InChI=1S/C10H9N3S/c11-8-12-10-13(6-7-14-10)9-4-2-1-3-5-9/h1-5H,6-7H2. The number of nitrogens with zero attached hydrogens (tertiary/aromatic N) is 3. The molecular weight excluding hydrogens is 194 g/mol. The predicted octanol–water partition coefficient (Wildman–Crippen LogP) is 2.08. The summed E-state index contributed by atoms with van der Waals surface area (Å²) in [6.45, 7) is 0.926. The first-order valence-corrected chi connectivity index (χ1v) is 5.32. The lowest BCUT2D eigenvalue weighted by Crippen LogP contribution is -2.23. The summed E-state index contributed by atoms with van der Waals surface area (Å²) in [4.78, 5) is 5.86.